The van der Waals surface area contributed by atoms with Crippen LogP contribution in [0.1, 0.15) is 27.7 Å². The minimum Gasteiger partial charge on any atom is -0.385 e. The molecule has 3 heteroatoms. The molecule has 2 nitrogen and oxygen atoms in total. The number of carbonyl (C=O) groups excluding carboxylic acids is 1. The Bertz CT molecular complexity index is 373. The Kier molecular flexibility index (Phi) is 5.89. The summed E-state index contributed by atoms with van der Waals surface area (Å²) in [4.78, 5) is 13.3. The van der Waals surface area contributed by atoms with Crippen LogP contribution in [0.3, 0.4) is 0 Å². The lowest BCUT2D eigenvalue weighted by Gasteiger charge is -2.23. The molecule has 1 aromatic rings. The number of hydrogen-bond donors (Lipinski definition) is 1. The Morgan fingerprint density at radius 3 is 2.06 bits per heavy atom. The van der Waals surface area contributed by atoms with Gasteiger partial charge in [-0.1, -0.05) is 45.9 Å². The van der Waals surface area contributed by atoms with Crippen LogP contribution in [-0.4, -0.2) is 22.2 Å². The first kappa shape index (κ1) is 15.3. The molecular weight excluding hydrogens is 244 g/mol. The van der Waals surface area contributed by atoms with Crippen molar-refractivity contribution < 1.29 is 9.90 Å². The smallest absolute Gasteiger partial charge is 0.175 e. The molecule has 18 heavy (non-hydrogen) atoms. The van der Waals surface area contributed by atoms with Crippen molar-refractivity contribution in [3.8, 4) is 0 Å². The lowest BCUT2D eigenvalue weighted by molar-refractivity contribution is -0.129. The fraction of sp³-hybridized carbons (Fsp3) is 0.533. The Morgan fingerprint density at radius 1 is 1.06 bits per heavy atom. The molecule has 0 aliphatic heterocycles. The van der Waals surface area contributed by atoms with E-state index >= 15 is 0 Å². The van der Waals surface area contributed by atoms with Gasteiger partial charge >= 0.3 is 0 Å². The summed E-state index contributed by atoms with van der Waals surface area (Å²) in [6.45, 7) is 7.78. The van der Waals surface area contributed by atoms with Crippen molar-refractivity contribution in [2.24, 2.45) is 11.8 Å². The molecule has 0 aromatic heterocycles. The van der Waals surface area contributed by atoms with E-state index in [2.05, 4.69) is 0 Å². The largest absolute Gasteiger partial charge is 0.385 e. The van der Waals surface area contributed by atoms with Crippen molar-refractivity contribution in [1.82, 2.24) is 0 Å². The van der Waals surface area contributed by atoms with Crippen LogP contribution in [0.5, 0.6) is 0 Å². The summed E-state index contributed by atoms with van der Waals surface area (Å²) < 4.78 is 0. The van der Waals surface area contributed by atoms with Crippen LogP contribution in [0, 0.1) is 11.8 Å². The highest BCUT2D eigenvalue weighted by molar-refractivity contribution is 8.00. The maximum Gasteiger partial charge on any atom is 0.175 e. The van der Waals surface area contributed by atoms with Crippen molar-refractivity contribution in [3.05, 3.63) is 30.3 Å². The average molecular weight is 266 g/mol. The standard InChI is InChI=1S/C15H22O2S/c1-10(2)13(16)14(17)15(11(3)4)18-12-8-6-5-7-9-12/h5-11,13,15-16H,1-4H3. The third-order valence-electron chi connectivity index (χ3n) is 2.82. The molecular formula is C15H22O2S. The second kappa shape index (κ2) is 6.95. The zero-order valence-corrected chi connectivity index (χ0v) is 12.3. The predicted molar refractivity (Wildman–Crippen MR) is 76.8 cm³/mol. The minimum absolute atomic E-state index is 0.0323. The monoisotopic (exact) mass is 266 g/mol. The highest BCUT2D eigenvalue weighted by Crippen LogP contribution is 2.30. The number of hydrogen-bond acceptors (Lipinski definition) is 3. The van der Waals surface area contributed by atoms with Crippen LogP contribution >= 0.6 is 11.8 Å². The summed E-state index contributed by atoms with van der Waals surface area (Å²) in [6.07, 6.45) is -0.867. The highest BCUT2D eigenvalue weighted by atomic mass is 32.2. The van der Waals surface area contributed by atoms with Gasteiger partial charge < -0.3 is 5.11 Å². The molecule has 1 rings (SSSR count). The molecule has 0 amide bonds. The van der Waals surface area contributed by atoms with Gasteiger partial charge in [-0.2, -0.15) is 0 Å². The van der Waals surface area contributed by atoms with E-state index in [1.165, 1.54) is 0 Å². The maximum absolute atomic E-state index is 12.3. The molecule has 0 spiro atoms. The summed E-state index contributed by atoms with van der Waals surface area (Å²) in [5.41, 5.74) is 0. The van der Waals surface area contributed by atoms with Gasteiger partial charge in [0.2, 0.25) is 0 Å². The van der Waals surface area contributed by atoms with Gasteiger partial charge in [0.05, 0.1) is 5.25 Å². The Hall–Kier alpha value is -0.800. The third kappa shape index (κ3) is 4.14. The normalized spacial score (nSPS) is 14.8. The van der Waals surface area contributed by atoms with E-state index in [4.69, 9.17) is 0 Å². The van der Waals surface area contributed by atoms with Gasteiger partial charge in [0.15, 0.2) is 5.78 Å². The number of benzene rings is 1. The van der Waals surface area contributed by atoms with Gasteiger partial charge in [-0.15, -0.1) is 11.8 Å². The van der Waals surface area contributed by atoms with Crippen molar-refractivity contribution in [2.75, 3.05) is 0 Å². The molecule has 0 saturated heterocycles. The molecule has 1 aromatic carbocycles. The number of Topliss-reactive ketones (excluding diaryl/α,β-unsaturated/α-hetero) is 1. The van der Waals surface area contributed by atoms with Crippen LogP contribution in [0.25, 0.3) is 0 Å². The summed E-state index contributed by atoms with van der Waals surface area (Å²) >= 11 is 1.54. The van der Waals surface area contributed by atoms with E-state index in [0.717, 1.165) is 4.90 Å². The average Bonchev–Trinajstić information content (AvgIpc) is 2.35. The van der Waals surface area contributed by atoms with E-state index in [1.54, 1.807) is 11.8 Å². The number of ketones is 1. The molecule has 2 unspecified atom stereocenters. The molecule has 0 heterocycles. The Balaban J connectivity index is 2.81. The first-order chi connectivity index (χ1) is 8.43. The van der Waals surface area contributed by atoms with Crippen LogP contribution in [0.15, 0.2) is 35.2 Å². The summed E-state index contributed by atoms with van der Waals surface area (Å²) in [7, 11) is 0. The van der Waals surface area contributed by atoms with Gasteiger partial charge in [0.1, 0.15) is 6.10 Å². The zero-order valence-electron chi connectivity index (χ0n) is 11.5. The number of carbonyl (C=O) groups is 1. The van der Waals surface area contributed by atoms with Crippen LogP contribution in [-0.2, 0) is 4.79 Å². The van der Waals surface area contributed by atoms with Crippen molar-refractivity contribution >= 4 is 17.5 Å². The van der Waals surface area contributed by atoms with Crippen molar-refractivity contribution in [3.63, 3.8) is 0 Å². The van der Waals surface area contributed by atoms with E-state index in [0.29, 0.717) is 0 Å². The topological polar surface area (TPSA) is 37.3 Å². The van der Waals surface area contributed by atoms with Gasteiger partial charge in [0.25, 0.3) is 0 Å². The minimum atomic E-state index is -0.867. The number of thioether (sulfide) groups is 1. The molecule has 0 fully saturated rings. The van der Waals surface area contributed by atoms with E-state index in [9.17, 15) is 9.90 Å². The number of aliphatic hydroxyl groups excluding tert-OH is 1. The molecule has 0 aliphatic rings. The third-order valence-corrected chi connectivity index (χ3v) is 4.39. The number of aliphatic hydroxyl groups is 1. The predicted octanol–water partition coefficient (Wildman–Crippen LogP) is 3.39. The maximum atomic E-state index is 12.3. The molecule has 0 saturated carbocycles. The molecule has 100 valence electrons. The van der Waals surface area contributed by atoms with Gasteiger partial charge in [-0.05, 0) is 24.0 Å². The quantitative estimate of drug-likeness (QED) is 0.802. The van der Waals surface area contributed by atoms with Gasteiger partial charge in [0, 0.05) is 4.90 Å². The first-order valence-electron chi connectivity index (χ1n) is 6.37. The highest BCUT2D eigenvalue weighted by Gasteiger charge is 2.30. The van der Waals surface area contributed by atoms with Gasteiger partial charge in [-0.25, -0.2) is 0 Å². The fourth-order valence-electron chi connectivity index (χ4n) is 1.67. The van der Waals surface area contributed by atoms with Crippen LogP contribution in [0.2, 0.25) is 0 Å². The van der Waals surface area contributed by atoms with E-state index < -0.39 is 6.10 Å². The Morgan fingerprint density at radius 2 is 1.61 bits per heavy atom. The zero-order chi connectivity index (χ0) is 13.7. The lowest BCUT2D eigenvalue weighted by Crippen LogP contribution is -2.36. The van der Waals surface area contributed by atoms with E-state index in [-0.39, 0.29) is 22.9 Å². The van der Waals surface area contributed by atoms with E-state index in [1.807, 2.05) is 58.0 Å². The van der Waals surface area contributed by atoms with Crippen LogP contribution < -0.4 is 0 Å². The molecule has 0 aliphatic carbocycles. The fourth-order valence-corrected chi connectivity index (χ4v) is 2.80. The first-order valence-corrected chi connectivity index (χ1v) is 7.25. The molecule has 0 radical (unpaired) electrons. The Labute approximate surface area is 114 Å². The van der Waals surface area contributed by atoms with Crippen LogP contribution in [0.4, 0.5) is 0 Å². The molecule has 0 bridgehead atoms. The van der Waals surface area contributed by atoms with Crippen molar-refractivity contribution in [1.29, 1.82) is 0 Å². The summed E-state index contributed by atoms with van der Waals surface area (Å²) in [6, 6.07) is 9.87. The summed E-state index contributed by atoms with van der Waals surface area (Å²) in [5.74, 6) is 0.111. The van der Waals surface area contributed by atoms with Crippen molar-refractivity contribution in [2.45, 2.75) is 43.9 Å². The molecule has 1 N–H and O–H groups in total. The molecule has 2 atom stereocenters. The second-order valence-corrected chi connectivity index (χ2v) is 6.40. The van der Waals surface area contributed by atoms with Gasteiger partial charge in [-0.3, -0.25) is 4.79 Å². The second-order valence-electron chi connectivity index (χ2n) is 5.19. The lowest BCUT2D eigenvalue weighted by atomic mass is 9.96. The SMILES string of the molecule is CC(C)C(O)C(=O)C(Sc1ccccc1)C(C)C. The number of rotatable bonds is 6. The summed E-state index contributed by atoms with van der Waals surface area (Å²) in [5, 5.41) is 9.74.